The molecule has 0 heterocycles. The van der Waals surface area contributed by atoms with Gasteiger partial charge in [0.2, 0.25) is 0 Å². The van der Waals surface area contributed by atoms with Crippen LogP contribution in [0.4, 0.5) is 0 Å². The number of nitrogens with two attached hydrogens (primary N) is 1. The number of carbonyl (C=O) groups excluding carboxylic acids is 2. The van der Waals surface area contributed by atoms with Crippen molar-refractivity contribution in [2.24, 2.45) is 5.73 Å². The van der Waals surface area contributed by atoms with E-state index < -0.39 is 11.5 Å². The predicted octanol–water partition coefficient (Wildman–Crippen LogP) is 8.32. The maximum absolute atomic E-state index is 12.2. The fraction of sp³-hybridized carbons (Fsp3) is 0.862. The zero-order valence-corrected chi connectivity index (χ0v) is 21.7. The summed E-state index contributed by atoms with van der Waals surface area (Å²) in [4.78, 5) is 24.0. The number of rotatable bonds is 21. The third kappa shape index (κ3) is 15.2. The number of allylic oxidation sites excluding steroid dienone is 2. The average molecular weight is 464 g/mol. The molecule has 0 atom stereocenters. The Hall–Kier alpha value is -1.32. The Labute approximate surface area is 204 Å². The normalized spacial score (nSPS) is 15.7. The predicted molar refractivity (Wildman–Crippen MR) is 139 cm³/mol. The van der Waals surface area contributed by atoms with E-state index in [1.54, 1.807) is 0 Å². The molecule has 0 unspecified atom stereocenters. The van der Waals surface area contributed by atoms with Gasteiger partial charge in [0.25, 0.3) is 5.91 Å². The van der Waals surface area contributed by atoms with E-state index in [-0.39, 0.29) is 5.97 Å². The standard InChI is InChI=1S/C29H53NO3/c1-2-3-4-5-6-7-8-9-10-11-12-13-14-15-16-17-18-19-21-24-27(31)33-29(28(30)32)25-22-20-23-26-29/h9-10H,2-8,11-26H2,1H3,(H2,30,32)/b10-9-. The van der Waals surface area contributed by atoms with Gasteiger partial charge in [-0.15, -0.1) is 0 Å². The molecule has 4 heteroatoms. The highest BCUT2D eigenvalue weighted by atomic mass is 16.6. The lowest BCUT2D eigenvalue weighted by Crippen LogP contribution is -2.49. The Morgan fingerprint density at radius 2 is 1.15 bits per heavy atom. The van der Waals surface area contributed by atoms with E-state index in [1.807, 2.05) is 0 Å². The smallest absolute Gasteiger partial charge is 0.306 e. The van der Waals surface area contributed by atoms with Gasteiger partial charge in [-0.25, -0.2) is 0 Å². The van der Waals surface area contributed by atoms with Crippen LogP contribution in [-0.2, 0) is 14.3 Å². The number of hydrogen-bond donors (Lipinski definition) is 1. The van der Waals surface area contributed by atoms with Gasteiger partial charge in [-0.1, -0.05) is 103 Å². The van der Waals surface area contributed by atoms with Crippen molar-refractivity contribution in [3.8, 4) is 0 Å². The highest BCUT2D eigenvalue weighted by Gasteiger charge is 2.41. The summed E-state index contributed by atoms with van der Waals surface area (Å²) in [5.41, 5.74) is 4.50. The van der Waals surface area contributed by atoms with Gasteiger partial charge in [0, 0.05) is 6.42 Å². The Kier molecular flexibility index (Phi) is 18.1. The van der Waals surface area contributed by atoms with E-state index in [9.17, 15) is 9.59 Å². The molecular weight excluding hydrogens is 410 g/mol. The molecule has 1 aliphatic rings. The molecular formula is C29H53NO3. The minimum Gasteiger partial charge on any atom is -0.449 e. The molecule has 1 fully saturated rings. The first-order valence-corrected chi connectivity index (χ1v) is 14.3. The van der Waals surface area contributed by atoms with Gasteiger partial charge in [0.1, 0.15) is 0 Å². The molecule has 0 aromatic rings. The number of carbonyl (C=O) groups is 2. The summed E-state index contributed by atoms with van der Waals surface area (Å²) in [7, 11) is 0. The van der Waals surface area contributed by atoms with Crippen LogP contribution in [0.2, 0.25) is 0 Å². The summed E-state index contributed by atoms with van der Waals surface area (Å²) >= 11 is 0. The first-order chi connectivity index (χ1) is 16.1. The van der Waals surface area contributed by atoms with Crippen molar-refractivity contribution in [2.45, 2.75) is 160 Å². The zero-order chi connectivity index (χ0) is 24.0. The third-order valence-electron chi connectivity index (χ3n) is 7.06. The van der Waals surface area contributed by atoms with Crippen molar-refractivity contribution in [1.29, 1.82) is 0 Å². The maximum atomic E-state index is 12.2. The van der Waals surface area contributed by atoms with E-state index in [4.69, 9.17) is 10.5 Å². The minimum absolute atomic E-state index is 0.253. The molecule has 1 amide bonds. The second-order valence-electron chi connectivity index (χ2n) is 10.1. The van der Waals surface area contributed by atoms with Crippen LogP contribution in [0.3, 0.4) is 0 Å². The highest BCUT2D eigenvalue weighted by molar-refractivity contribution is 5.86. The summed E-state index contributed by atoms with van der Waals surface area (Å²) in [5.74, 6) is -0.725. The van der Waals surface area contributed by atoms with E-state index in [2.05, 4.69) is 19.1 Å². The Morgan fingerprint density at radius 3 is 1.64 bits per heavy atom. The van der Waals surface area contributed by atoms with Crippen molar-refractivity contribution in [3.63, 3.8) is 0 Å². The van der Waals surface area contributed by atoms with Crippen LogP contribution < -0.4 is 5.73 Å². The van der Waals surface area contributed by atoms with Crippen molar-refractivity contribution >= 4 is 11.9 Å². The van der Waals surface area contributed by atoms with Crippen LogP contribution in [0.15, 0.2) is 12.2 Å². The SMILES string of the molecule is CCCCCCCC/C=C\CCCCCCCCCCCC(=O)OC1(C(N)=O)CCCCC1. The van der Waals surface area contributed by atoms with Gasteiger partial charge < -0.3 is 10.5 Å². The maximum Gasteiger partial charge on any atom is 0.306 e. The fourth-order valence-corrected chi connectivity index (χ4v) is 4.84. The number of amides is 1. The quantitative estimate of drug-likeness (QED) is 0.106. The third-order valence-corrected chi connectivity index (χ3v) is 7.06. The van der Waals surface area contributed by atoms with Crippen LogP contribution in [0.25, 0.3) is 0 Å². The molecule has 0 spiro atoms. The highest BCUT2D eigenvalue weighted by Crippen LogP contribution is 2.32. The largest absolute Gasteiger partial charge is 0.449 e. The van der Waals surface area contributed by atoms with Gasteiger partial charge >= 0.3 is 5.97 Å². The molecule has 1 aliphatic carbocycles. The van der Waals surface area contributed by atoms with Crippen molar-refractivity contribution in [2.75, 3.05) is 0 Å². The van der Waals surface area contributed by atoms with Gasteiger partial charge in [0.15, 0.2) is 5.60 Å². The summed E-state index contributed by atoms with van der Waals surface area (Å²) in [6, 6.07) is 0. The summed E-state index contributed by atoms with van der Waals surface area (Å²) in [6.07, 6.45) is 31.0. The summed E-state index contributed by atoms with van der Waals surface area (Å²) < 4.78 is 5.56. The van der Waals surface area contributed by atoms with Crippen LogP contribution >= 0.6 is 0 Å². The summed E-state index contributed by atoms with van der Waals surface area (Å²) in [6.45, 7) is 2.27. The average Bonchev–Trinajstić information content (AvgIpc) is 2.81. The van der Waals surface area contributed by atoms with E-state index in [0.29, 0.717) is 19.3 Å². The molecule has 1 saturated carbocycles. The van der Waals surface area contributed by atoms with Crippen LogP contribution in [0, 0.1) is 0 Å². The summed E-state index contributed by atoms with van der Waals surface area (Å²) in [5, 5.41) is 0. The Balaban J connectivity index is 1.86. The molecule has 0 bridgehead atoms. The zero-order valence-electron chi connectivity index (χ0n) is 21.7. The second kappa shape index (κ2) is 20.1. The van der Waals surface area contributed by atoms with Crippen LogP contribution in [-0.4, -0.2) is 17.5 Å². The second-order valence-corrected chi connectivity index (χ2v) is 10.1. The topological polar surface area (TPSA) is 69.4 Å². The van der Waals surface area contributed by atoms with Crippen LogP contribution in [0.1, 0.15) is 155 Å². The van der Waals surface area contributed by atoms with Crippen molar-refractivity contribution in [1.82, 2.24) is 0 Å². The molecule has 1 rings (SSSR count). The monoisotopic (exact) mass is 463 g/mol. The lowest BCUT2D eigenvalue weighted by Gasteiger charge is -2.33. The minimum atomic E-state index is -1.03. The van der Waals surface area contributed by atoms with Gasteiger partial charge in [-0.3, -0.25) is 9.59 Å². The first kappa shape index (κ1) is 29.7. The van der Waals surface area contributed by atoms with Gasteiger partial charge in [-0.05, 0) is 57.8 Å². The van der Waals surface area contributed by atoms with Crippen LogP contribution in [0.5, 0.6) is 0 Å². The molecule has 4 nitrogen and oxygen atoms in total. The molecule has 0 saturated heterocycles. The molecule has 33 heavy (non-hydrogen) atoms. The van der Waals surface area contributed by atoms with Crippen molar-refractivity contribution in [3.05, 3.63) is 12.2 Å². The van der Waals surface area contributed by atoms with Gasteiger partial charge in [0.05, 0.1) is 0 Å². The number of unbranched alkanes of at least 4 members (excludes halogenated alkanes) is 15. The number of primary amides is 1. The molecule has 0 aromatic carbocycles. The number of ether oxygens (including phenoxy) is 1. The Bertz CT molecular complexity index is 523. The van der Waals surface area contributed by atoms with E-state index in [1.165, 1.54) is 96.3 Å². The molecule has 0 aliphatic heterocycles. The number of hydrogen-bond acceptors (Lipinski definition) is 3. The lowest BCUT2D eigenvalue weighted by atomic mass is 9.84. The lowest BCUT2D eigenvalue weighted by molar-refractivity contribution is -0.171. The fourth-order valence-electron chi connectivity index (χ4n) is 4.84. The Morgan fingerprint density at radius 1 is 0.697 bits per heavy atom. The van der Waals surface area contributed by atoms with Gasteiger partial charge in [-0.2, -0.15) is 0 Å². The molecule has 0 aromatic heterocycles. The first-order valence-electron chi connectivity index (χ1n) is 14.3. The number of esters is 1. The van der Waals surface area contributed by atoms with E-state index in [0.717, 1.165) is 32.1 Å². The molecule has 2 N–H and O–H groups in total. The van der Waals surface area contributed by atoms with Crippen molar-refractivity contribution < 1.29 is 14.3 Å². The van der Waals surface area contributed by atoms with E-state index >= 15 is 0 Å². The molecule has 192 valence electrons. The molecule has 0 radical (unpaired) electrons.